The predicted octanol–water partition coefficient (Wildman–Crippen LogP) is 3.17. The highest BCUT2D eigenvalue weighted by molar-refractivity contribution is 7.17. The Labute approximate surface area is 177 Å². The number of carbonyl (C=O) groups is 4. The van der Waals surface area contributed by atoms with E-state index in [-0.39, 0.29) is 18.1 Å². The van der Waals surface area contributed by atoms with E-state index in [2.05, 4.69) is 10.6 Å². The molecule has 3 rings (SSSR count). The number of anilines is 2. The number of rotatable bonds is 7. The van der Waals surface area contributed by atoms with Crippen molar-refractivity contribution in [2.24, 2.45) is 0 Å². The highest BCUT2D eigenvalue weighted by Crippen LogP contribution is 2.39. The molecule has 1 aromatic carbocycles. The van der Waals surface area contributed by atoms with Crippen LogP contribution in [0.15, 0.2) is 24.3 Å². The van der Waals surface area contributed by atoms with Crippen LogP contribution in [-0.4, -0.2) is 37.0 Å². The maximum Gasteiger partial charge on any atom is 0.341 e. The van der Waals surface area contributed by atoms with Gasteiger partial charge in [-0.15, -0.1) is 11.3 Å². The van der Waals surface area contributed by atoms with Crippen molar-refractivity contribution >= 4 is 45.8 Å². The summed E-state index contributed by atoms with van der Waals surface area (Å²) in [5.74, 6) is -1.97. The molecule has 0 aliphatic heterocycles. The summed E-state index contributed by atoms with van der Waals surface area (Å²) in [5.41, 5.74) is 1.99. The normalized spacial score (nSPS) is 12.1. The van der Waals surface area contributed by atoms with Gasteiger partial charge < -0.3 is 20.1 Å². The zero-order valence-electron chi connectivity index (χ0n) is 16.7. The third-order valence-corrected chi connectivity index (χ3v) is 5.61. The molecule has 30 heavy (non-hydrogen) atoms. The van der Waals surface area contributed by atoms with Gasteiger partial charge in [-0.1, -0.05) is 6.07 Å². The molecule has 8 nitrogen and oxygen atoms in total. The van der Waals surface area contributed by atoms with Crippen molar-refractivity contribution in [3.63, 3.8) is 0 Å². The fourth-order valence-electron chi connectivity index (χ4n) is 3.22. The first kappa shape index (κ1) is 21.5. The number of esters is 2. The molecular weight excluding hydrogens is 408 g/mol. The molecule has 158 valence electrons. The number of benzene rings is 1. The molecule has 2 aromatic rings. The maximum absolute atomic E-state index is 12.3. The molecule has 1 aliphatic rings. The van der Waals surface area contributed by atoms with Crippen LogP contribution in [0.25, 0.3) is 0 Å². The minimum atomic E-state index is -0.698. The highest BCUT2D eigenvalue weighted by atomic mass is 32.1. The van der Waals surface area contributed by atoms with E-state index >= 15 is 0 Å². The van der Waals surface area contributed by atoms with E-state index < -0.39 is 24.5 Å². The van der Waals surface area contributed by atoms with Crippen LogP contribution < -0.4 is 10.6 Å². The fourth-order valence-corrected chi connectivity index (χ4v) is 4.51. The van der Waals surface area contributed by atoms with Gasteiger partial charge in [-0.3, -0.25) is 9.59 Å². The van der Waals surface area contributed by atoms with Crippen molar-refractivity contribution in [1.29, 1.82) is 0 Å². The van der Waals surface area contributed by atoms with Gasteiger partial charge in [0, 0.05) is 17.5 Å². The molecular formula is C21H22N2O6S. The number of aryl methyl sites for hydroxylation is 1. The van der Waals surface area contributed by atoms with E-state index in [9.17, 15) is 19.2 Å². The number of fused-ring (bicyclic) bond motifs is 1. The average Bonchev–Trinajstić information content (AvgIpc) is 3.26. The Bertz CT molecular complexity index is 997. The molecule has 0 radical (unpaired) electrons. The van der Waals surface area contributed by atoms with Gasteiger partial charge >= 0.3 is 11.9 Å². The summed E-state index contributed by atoms with van der Waals surface area (Å²) < 4.78 is 10.2. The summed E-state index contributed by atoms with van der Waals surface area (Å²) in [4.78, 5) is 49.1. The summed E-state index contributed by atoms with van der Waals surface area (Å²) >= 11 is 1.36. The summed E-state index contributed by atoms with van der Waals surface area (Å²) in [6, 6.07) is 6.22. The Morgan fingerprint density at radius 1 is 1.07 bits per heavy atom. The van der Waals surface area contributed by atoms with Crippen molar-refractivity contribution in [2.75, 3.05) is 23.8 Å². The van der Waals surface area contributed by atoms with Gasteiger partial charge in [0.1, 0.15) is 5.00 Å². The second-order valence-electron chi connectivity index (χ2n) is 6.67. The molecule has 0 bridgehead atoms. The van der Waals surface area contributed by atoms with Crippen molar-refractivity contribution in [2.45, 2.75) is 33.1 Å². The fraction of sp³-hybridized carbons (Fsp3) is 0.333. The SMILES string of the molecule is CCOC(=O)c1c(NC(=O)COC(=O)c2cccc(NC(C)=O)c2)sc2c1CCC2. The Balaban J connectivity index is 1.63. The van der Waals surface area contributed by atoms with Crippen molar-refractivity contribution in [1.82, 2.24) is 0 Å². The maximum atomic E-state index is 12.3. The summed E-state index contributed by atoms with van der Waals surface area (Å²) in [7, 11) is 0. The van der Waals surface area contributed by atoms with Crippen LogP contribution >= 0.6 is 11.3 Å². The first-order chi connectivity index (χ1) is 14.4. The average molecular weight is 430 g/mol. The molecule has 0 saturated heterocycles. The number of thiophene rings is 1. The Kier molecular flexibility index (Phi) is 6.83. The van der Waals surface area contributed by atoms with Gasteiger partial charge in [-0.25, -0.2) is 9.59 Å². The largest absolute Gasteiger partial charge is 0.462 e. The Hall–Kier alpha value is -3.20. The summed E-state index contributed by atoms with van der Waals surface area (Å²) in [6.07, 6.45) is 2.61. The van der Waals surface area contributed by atoms with E-state index in [0.717, 1.165) is 29.7 Å². The third kappa shape index (κ3) is 5.04. The minimum Gasteiger partial charge on any atom is -0.462 e. The van der Waals surface area contributed by atoms with Crippen LogP contribution in [0.4, 0.5) is 10.7 Å². The van der Waals surface area contributed by atoms with Gasteiger partial charge in [-0.05, 0) is 49.9 Å². The predicted molar refractivity (Wildman–Crippen MR) is 112 cm³/mol. The minimum absolute atomic E-state index is 0.205. The smallest absolute Gasteiger partial charge is 0.341 e. The van der Waals surface area contributed by atoms with E-state index in [1.807, 2.05) is 0 Å². The van der Waals surface area contributed by atoms with Crippen molar-refractivity contribution in [3.05, 3.63) is 45.8 Å². The molecule has 1 aliphatic carbocycles. The van der Waals surface area contributed by atoms with E-state index in [1.54, 1.807) is 19.1 Å². The molecule has 0 unspecified atom stereocenters. The van der Waals surface area contributed by atoms with E-state index in [1.165, 1.54) is 30.4 Å². The highest BCUT2D eigenvalue weighted by Gasteiger charge is 2.28. The molecule has 2 amide bonds. The number of ether oxygens (including phenoxy) is 2. The molecule has 0 atom stereocenters. The van der Waals surface area contributed by atoms with Crippen LogP contribution in [0.2, 0.25) is 0 Å². The van der Waals surface area contributed by atoms with Crippen LogP contribution in [-0.2, 0) is 31.9 Å². The standard InChI is InChI=1S/C21H22N2O6S/c1-3-28-21(27)18-15-8-5-9-16(15)30-19(18)23-17(25)11-29-20(26)13-6-4-7-14(10-13)22-12(2)24/h4,6-7,10H,3,5,8-9,11H2,1-2H3,(H,22,24)(H,23,25). The number of carbonyl (C=O) groups excluding carboxylic acids is 4. The Morgan fingerprint density at radius 2 is 1.87 bits per heavy atom. The van der Waals surface area contributed by atoms with Gasteiger partial charge in [0.15, 0.2) is 6.61 Å². The number of hydrogen-bond donors (Lipinski definition) is 2. The summed E-state index contributed by atoms with van der Waals surface area (Å²) in [6.45, 7) is 2.82. The first-order valence-corrected chi connectivity index (χ1v) is 10.4. The van der Waals surface area contributed by atoms with Gasteiger partial charge in [0.25, 0.3) is 5.91 Å². The van der Waals surface area contributed by atoms with Gasteiger partial charge in [-0.2, -0.15) is 0 Å². The zero-order valence-corrected chi connectivity index (χ0v) is 17.5. The topological polar surface area (TPSA) is 111 Å². The first-order valence-electron chi connectivity index (χ1n) is 9.55. The van der Waals surface area contributed by atoms with Crippen LogP contribution in [0.3, 0.4) is 0 Å². The van der Waals surface area contributed by atoms with Crippen molar-refractivity contribution < 1.29 is 28.7 Å². The number of hydrogen-bond acceptors (Lipinski definition) is 7. The van der Waals surface area contributed by atoms with Crippen LogP contribution in [0.5, 0.6) is 0 Å². The van der Waals surface area contributed by atoms with Crippen molar-refractivity contribution in [3.8, 4) is 0 Å². The number of nitrogens with one attached hydrogen (secondary N) is 2. The van der Waals surface area contributed by atoms with Crippen LogP contribution in [0.1, 0.15) is 51.4 Å². The third-order valence-electron chi connectivity index (χ3n) is 4.41. The molecule has 1 aromatic heterocycles. The second-order valence-corrected chi connectivity index (χ2v) is 7.77. The quantitative estimate of drug-likeness (QED) is 0.653. The lowest BCUT2D eigenvalue weighted by atomic mass is 10.1. The molecule has 1 heterocycles. The van der Waals surface area contributed by atoms with Crippen LogP contribution in [0, 0.1) is 0 Å². The second kappa shape index (κ2) is 9.53. The lowest BCUT2D eigenvalue weighted by Gasteiger charge is -2.09. The molecule has 9 heteroatoms. The van der Waals surface area contributed by atoms with Gasteiger partial charge in [0.05, 0.1) is 17.7 Å². The van der Waals surface area contributed by atoms with E-state index in [0.29, 0.717) is 16.3 Å². The van der Waals surface area contributed by atoms with Gasteiger partial charge in [0.2, 0.25) is 5.91 Å². The number of amides is 2. The summed E-state index contributed by atoms with van der Waals surface area (Å²) in [5, 5.41) is 5.67. The molecule has 0 fully saturated rings. The lowest BCUT2D eigenvalue weighted by molar-refractivity contribution is -0.119. The molecule has 0 saturated carbocycles. The monoisotopic (exact) mass is 430 g/mol. The zero-order chi connectivity index (χ0) is 21.7. The molecule has 2 N–H and O–H groups in total. The molecule has 0 spiro atoms. The Morgan fingerprint density at radius 3 is 2.60 bits per heavy atom. The van der Waals surface area contributed by atoms with E-state index in [4.69, 9.17) is 9.47 Å². The lowest BCUT2D eigenvalue weighted by Crippen LogP contribution is -2.22.